The largest absolute Gasteiger partial charge is 0.354 e. The summed E-state index contributed by atoms with van der Waals surface area (Å²) in [4.78, 5) is 24.9. The average molecular weight is 546 g/mol. The van der Waals surface area contributed by atoms with Crippen LogP contribution in [0.4, 0.5) is 11.6 Å². The number of nitrogens with one attached hydrogen (secondary N) is 2. The second-order valence-electron chi connectivity index (χ2n) is 11.4. The first-order valence-corrected chi connectivity index (χ1v) is 15.0. The Kier molecular flexibility index (Phi) is 8.38. The number of fused-ring (bicyclic) bond motifs is 3. The monoisotopic (exact) mass is 545 g/mol. The first-order valence-electron chi connectivity index (χ1n) is 15.0. The molecule has 1 unspecified atom stereocenters. The highest BCUT2D eigenvalue weighted by molar-refractivity contribution is 5.91. The Balaban J connectivity index is 1.11. The molecular weight excluding hydrogens is 506 g/mol. The Labute approximate surface area is 243 Å². The summed E-state index contributed by atoms with van der Waals surface area (Å²) in [5, 5.41) is 6.53. The Morgan fingerprint density at radius 2 is 1.73 bits per heavy atom. The normalized spacial score (nSPS) is 17.0. The van der Waals surface area contributed by atoms with Crippen molar-refractivity contribution in [2.45, 2.75) is 50.9 Å². The van der Waals surface area contributed by atoms with Crippen molar-refractivity contribution >= 4 is 17.5 Å². The van der Waals surface area contributed by atoms with Crippen LogP contribution in [0, 0.1) is 0 Å². The summed E-state index contributed by atoms with van der Waals surface area (Å²) in [6, 6.07) is 27.1. The van der Waals surface area contributed by atoms with Crippen LogP contribution in [-0.2, 0) is 11.2 Å². The molecule has 0 radical (unpaired) electrons. The van der Waals surface area contributed by atoms with Crippen LogP contribution in [0.5, 0.6) is 0 Å². The molecule has 1 amide bonds. The van der Waals surface area contributed by atoms with Gasteiger partial charge in [0.2, 0.25) is 11.9 Å². The number of likely N-dealkylation sites (tertiary alicyclic amines) is 1. The maximum absolute atomic E-state index is 12.7. The molecule has 6 nitrogen and oxygen atoms in total. The van der Waals surface area contributed by atoms with Gasteiger partial charge < -0.3 is 15.5 Å². The fourth-order valence-corrected chi connectivity index (χ4v) is 6.22. The number of rotatable bonds is 10. The van der Waals surface area contributed by atoms with Crippen LogP contribution in [0.15, 0.2) is 85.1 Å². The van der Waals surface area contributed by atoms with Crippen molar-refractivity contribution < 1.29 is 4.79 Å². The molecule has 2 aliphatic rings. The van der Waals surface area contributed by atoms with Gasteiger partial charge in [-0.2, -0.15) is 0 Å². The van der Waals surface area contributed by atoms with Crippen LogP contribution in [0.2, 0.25) is 0 Å². The Morgan fingerprint density at radius 1 is 0.976 bits per heavy atom. The van der Waals surface area contributed by atoms with E-state index in [1.54, 1.807) is 0 Å². The van der Waals surface area contributed by atoms with Gasteiger partial charge >= 0.3 is 0 Å². The lowest BCUT2D eigenvalue weighted by Gasteiger charge is -2.27. The van der Waals surface area contributed by atoms with Crippen LogP contribution in [-0.4, -0.2) is 47.0 Å². The van der Waals surface area contributed by atoms with Crippen LogP contribution >= 0.6 is 0 Å². The van der Waals surface area contributed by atoms with E-state index >= 15 is 0 Å². The maximum Gasteiger partial charge on any atom is 0.224 e. The smallest absolute Gasteiger partial charge is 0.224 e. The lowest BCUT2D eigenvalue weighted by Crippen LogP contribution is -2.22. The molecule has 210 valence electrons. The number of anilines is 2. The first kappa shape index (κ1) is 27.2. The van der Waals surface area contributed by atoms with E-state index in [0.29, 0.717) is 12.4 Å². The molecule has 41 heavy (non-hydrogen) atoms. The lowest BCUT2D eigenvalue weighted by molar-refractivity contribution is -0.116. The quantitative estimate of drug-likeness (QED) is 0.213. The second-order valence-corrected chi connectivity index (χ2v) is 11.4. The fourth-order valence-electron chi connectivity index (χ4n) is 6.22. The van der Waals surface area contributed by atoms with Gasteiger partial charge in [0.25, 0.3) is 0 Å². The Bertz CT molecular complexity index is 1460. The van der Waals surface area contributed by atoms with E-state index in [4.69, 9.17) is 4.98 Å². The summed E-state index contributed by atoms with van der Waals surface area (Å²) in [5.41, 5.74) is 7.89. The van der Waals surface area contributed by atoms with Crippen LogP contribution in [0.25, 0.3) is 11.3 Å². The number of aromatic nitrogens is 2. The molecule has 1 aliphatic carbocycles. The number of carbonyl (C=O) groups excluding carboxylic acids is 1. The number of nitrogens with zero attached hydrogens (tertiary/aromatic N) is 3. The zero-order valence-corrected chi connectivity index (χ0v) is 23.9. The van der Waals surface area contributed by atoms with Gasteiger partial charge in [0.05, 0.1) is 5.69 Å². The second kappa shape index (κ2) is 12.6. The van der Waals surface area contributed by atoms with E-state index in [1.165, 1.54) is 53.7 Å². The molecule has 2 atom stereocenters. The predicted octanol–water partition coefficient (Wildman–Crippen LogP) is 6.86. The summed E-state index contributed by atoms with van der Waals surface area (Å²) in [7, 11) is 0. The molecule has 6 heteroatoms. The molecule has 0 spiro atoms. The highest BCUT2D eigenvalue weighted by Crippen LogP contribution is 2.42. The van der Waals surface area contributed by atoms with Crippen molar-refractivity contribution in [3.05, 3.63) is 107 Å². The highest BCUT2D eigenvalue weighted by atomic mass is 16.1. The molecule has 1 fully saturated rings. The third-order valence-corrected chi connectivity index (χ3v) is 8.47. The predicted molar refractivity (Wildman–Crippen MR) is 166 cm³/mol. The topological polar surface area (TPSA) is 70.2 Å². The Morgan fingerprint density at radius 3 is 2.54 bits per heavy atom. The molecular formula is C35H39N5O. The van der Waals surface area contributed by atoms with E-state index in [0.717, 1.165) is 37.3 Å². The number of hydrogen-bond donors (Lipinski definition) is 2. The van der Waals surface area contributed by atoms with E-state index in [9.17, 15) is 4.79 Å². The van der Waals surface area contributed by atoms with Gasteiger partial charge in [-0.15, -0.1) is 0 Å². The van der Waals surface area contributed by atoms with Crippen molar-refractivity contribution in [2.24, 2.45) is 0 Å². The number of amides is 1. The zero-order valence-electron chi connectivity index (χ0n) is 23.9. The van der Waals surface area contributed by atoms with E-state index in [-0.39, 0.29) is 17.7 Å². The Hall–Kier alpha value is -4.03. The standard InChI is InChI=1S/C35H39N5O/c1-25(26-10-3-2-4-11-26)22-33(41)38-29-16-14-27(15-17-29)32-23-28-24-37-35(36-18-9-21-40-19-7-8-20-40)39-34(28)31-13-6-5-12-30(31)32/h2-6,10-17,24-25,32H,7-9,18-23H2,1H3,(H,38,41)(H,36,37,39)/t25-,32?/m0/s1. The van der Waals surface area contributed by atoms with Gasteiger partial charge in [-0.3, -0.25) is 4.79 Å². The van der Waals surface area contributed by atoms with E-state index < -0.39 is 0 Å². The van der Waals surface area contributed by atoms with Gasteiger partial charge in [0, 0.05) is 36.3 Å². The van der Waals surface area contributed by atoms with Crippen molar-refractivity contribution in [3.8, 4) is 11.3 Å². The molecule has 0 bridgehead atoms. The summed E-state index contributed by atoms with van der Waals surface area (Å²) in [6.07, 6.45) is 7.06. The minimum Gasteiger partial charge on any atom is -0.354 e. The van der Waals surface area contributed by atoms with E-state index in [1.807, 2.05) is 36.5 Å². The lowest BCUT2D eigenvalue weighted by atomic mass is 9.78. The van der Waals surface area contributed by atoms with Crippen LogP contribution in [0.3, 0.4) is 0 Å². The van der Waals surface area contributed by atoms with E-state index in [2.05, 4.69) is 76.0 Å². The molecule has 1 aromatic heterocycles. The number of hydrogen-bond acceptors (Lipinski definition) is 5. The van der Waals surface area contributed by atoms with Crippen LogP contribution in [0.1, 0.15) is 66.7 Å². The SMILES string of the molecule is C[C@@H](CC(=O)Nc1ccc(C2Cc3cnc(NCCCN4CCCC4)nc3-c3ccccc32)cc1)c1ccccc1. The zero-order chi connectivity index (χ0) is 28.0. The van der Waals surface area contributed by atoms with Gasteiger partial charge in [-0.25, -0.2) is 9.97 Å². The summed E-state index contributed by atoms with van der Waals surface area (Å²) in [5.74, 6) is 1.12. The fraction of sp³-hybridized carbons (Fsp3) is 0.343. The summed E-state index contributed by atoms with van der Waals surface area (Å²) >= 11 is 0. The van der Waals surface area contributed by atoms with Crippen LogP contribution < -0.4 is 10.6 Å². The third-order valence-electron chi connectivity index (χ3n) is 8.47. The van der Waals surface area contributed by atoms with Gasteiger partial charge in [-0.1, -0.05) is 73.7 Å². The third kappa shape index (κ3) is 6.49. The molecule has 2 heterocycles. The van der Waals surface area contributed by atoms with Crippen molar-refractivity contribution in [3.63, 3.8) is 0 Å². The van der Waals surface area contributed by atoms with Crippen molar-refractivity contribution in [1.29, 1.82) is 0 Å². The molecule has 4 aromatic rings. The molecule has 2 N–H and O–H groups in total. The number of benzene rings is 3. The van der Waals surface area contributed by atoms with Crippen molar-refractivity contribution in [2.75, 3.05) is 36.8 Å². The highest BCUT2D eigenvalue weighted by Gasteiger charge is 2.27. The summed E-state index contributed by atoms with van der Waals surface area (Å²) in [6.45, 7) is 6.58. The molecule has 1 aliphatic heterocycles. The summed E-state index contributed by atoms with van der Waals surface area (Å²) < 4.78 is 0. The molecule has 0 saturated carbocycles. The maximum atomic E-state index is 12.7. The first-order chi connectivity index (χ1) is 20.1. The number of carbonyl (C=O) groups is 1. The van der Waals surface area contributed by atoms with Crippen molar-refractivity contribution in [1.82, 2.24) is 14.9 Å². The molecule has 3 aromatic carbocycles. The minimum absolute atomic E-state index is 0.0312. The average Bonchev–Trinajstić information content (AvgIpc) is 3.53. The van der Waals surface area contributed by atoms with Gasteiger partial charge in [0.15, 0.2) is 0 Å². The van der Waals surface area contributed by atoms with Gasteiger partial charge in [-0.05, 0) is 85.6 Å². The minimum atomic E-state index is 0.0312. The molecule has 6 rings (SSSR count). The van der Waals surface area contributed by atoms with Gasteiger partial charge in [0.1, 0.15) is 0 Å². The molecule has 1 saturated heterocycles.